The number of hydrogen-bond donors (Lipinski definition) is 0. The first-order chi connectivity index (χ1) is 14.3. The molecule has 0 saturated heterocycles. The molecule has 0 bridgehead atoms. The summed E-state index contributed by atoms with van der Waals surface area (Å²) in [4.78, 5) is 0. The number of benzene rings is 2. The minimum atomic E-state index is 0. The fraction of sp³-hybridized carbons (Fsp3) is 0.448. The Kier molecular flexibility index (Phi) is 7.30. The molecule has 0 heterocycles. The Bertz CT molecular complexity index is 1010. The van der Waals surface area contributed by atoms with Crippen molar-refractivity contribution < 1.29 is 26.2 Å². The van der Waals surface area contributed by atoms with Crippen LogP contribution in [0.1, 0.15) is 81.3 Å². The summed E-state index contributed by atoms with van der Waals surface area (Å²) >= 11 is 0. The summed E-state index contributed by atoms with van der Waals surface area (Å²) in [5, 5.41) is 2.64. The van der Waals surface area contributed by atoms with E-state index in [4.69, 9.17) is 0 Å². The normalized spacial score (nSPS) is 20.9. The molecule has 0 N–H and O–H groups in total. The summed E-state index contributed by atoms with van der Waals surface area (Å²) in [5.74, 6) is 1.52. The van der Waals surface area contributed by atoms with E-state index >= 15 is 0 Å². The molecule has 0 unspecified atom stereocenters. The predicted octanol–water partition coefficient (Wildman–Crippen LogP) is 6.67. The van der Waals surface area contributed by atoms with Gasteiger partial charge in [0.25, 0.3) is 0 Å². The zero-order chi connectivity index (χ0) is 19.6. The van der Waals surface area contributed by atoms with Gasteiger partial charge < -0.3 is 0 Å². The molecule has 154 valence electrons. The van der Waals surface area contributed by atoms with Gasteiger partial charge in [0.2, 0.25) is 0 Å². The molecule has 2 aromatic carbocycles. The van der Waals surface area contributed by atoms with Crippen molar-refractivity contribution >= 4 is 12.2 Å². The Balaban J connectivity index is 0.00000218. The summed E-state index contributed by atoms with van der Waals surface area (Å²) in [6, 6.07) is 14.2. The topological polar surface area (TPSA) is 0 Å². The van der Waals surface area contributed by atoms with Crippen molar-refractivity contribution in [2.75, 3.05) is 0 Å². The van der Waals surface area contributed by atoms with Gasteiger partial charge >= 0.3 is 0 Å². The smallest absolute Gasteiger partial charge is 0 e. The van der Waals surface area contributed by atoms with Gasteiger partial charge in [-0.1, -0.05) is 92.8 Å². The summed E-state index contributed by atoms with van der Waals surface area (Å²) in [5.41, 5.74) is 6.89. The minimum absolute atomic E-state index is 0. The second-order valence-electron chi connectivity index (χ2n) is 9.52. The number of aryl methyl sites for hydroxylation is 1. The average molecular weight is 473 g/mol. The molecule has 0 aromatic heterocycles. The van der Waals surface area contributed by atoms with Gasteiger partial charge in [-0.25, -0.2) is 0 Å². The summed E-state index contributed by atoms with van der Waals surface area (Å²) in [6.45, 7) is 2.21. The fourth-order valence-electron chi connectivity index (χ4n) is 5.66. The second kappa shape index (κ2) is 9.95. The van der Waals surface area contributed by atoms with Crippen molar-refractivity contribution in [3.63, 3.8) is 0 Å². The van der Waals surface area contributed by atoms with Gasteiger partial charge in [0.1, 0.15) is 0 Å². The van der Waals surface area contributed by atoms with E-state index in [1.165, 1.54) is 102 Å². The zero-order valence-corrected chi connectivity index (χ0v) is 20.8. The van der Waals surface area contributed by atoms with Gasteiger partial charge in [0.05, 0.1) is 0 Å². The molecule has 2 fully saturated rings. The van der Waals surface area contributed by atoms with E-state index in [1.54, 1.807) is 0 Å². The Morgan fingerprint density at radius 3 is 2.20 bits per heavy atom. The van der Waals surface area contributed by atoms with E-state index in [0.29, 0.717) is 0 Å². The molecule has 0 nitrogen and oxygen atoms in total. The maximum atomic E-state index is 3.70. The monoisotopic (exact) mass is 471 g/mol. The number of rotatable bonds is 3. The van der Waals surface area contributed by atoms with E-state index in [2.05, 4.69) is 61.5 Å². The number of fused-ring (bicyclic) bond motifs is 1. The van der Waals surface area contributed by atoms with Crippen molar-refractivity contribution in [3.05, 3.63) is 69.6 Å². The molecular weight excluding hydrogens is 440 g/mol. The van der Waals surface area contributed by atoms with Crippen molar-refractivity contribution in [1.82, 2.24) is 0 Å². The molecule has 0 amide bonds. The van der Waals surface area contributed by atoms with Gasteiger partial charge in [-0.15, -0.1) is 40.3 Å². The molecule has 1 heteroatoms. The molecular formula is C29H33Zr-. The van der Waals surface area contributed by atoms with Crippen LogP contribution in [0.15, 0.2) is 48.0 Å². The van der Waals surface area contributed by atoms with Crippen molar-refractivity contribution in [3.8, 4) is 11.1 Å². The van der Waals surface area contributed by atoms with E-state index in [-0.39, 0.29) is 26.2 Å². The fourth-order valence-corrected chi connectivity index (χ4v) is 5.66. The van der Waals surface area contributed by atoms with Crippen LogP contribution in [0, 0.1) is 12.8 Å². The molecule has 2 aromatic rings. The molecule has 5 rings (SSSR count). The molecule has 3 aliphatic rings. The SMILES string of the molecule is Cc1cc(-c2ccc(C3CCCCC3)cc2)c2c(c1)=[C-]C(=CC1CCCCC1)C=2.[Zr]. The van der Waals surface area contributed by atoms with Crippen molar-refractivity contribution in [2.24, 2.45) is 5.92 Å². The first-order valence-corrected chi connectivity index (χ1v) is 11.8. The minimum Gasteiger partial charge on any atom is -0.145 e. The molecule has 30 heavy (non-hydrogen) atoms. The standard InChI is InChI=1S/C29H33.Zr/c1-21-16-27-19-23(18-22-8-4-2-5-9-22)20-29(27)28(17-21)26-14-12-25(13-15-26)24-10-6-3-7-11-24;/h12-18,20,22,24H,2-11H2,1H3;/q-1;. The third-order valence-electron chi connectivity index (χ3n) is 7.27. The Labute approximate surface area is 201 Å². The van der Waals surface area contributed by atoms with Crippen LogP contribution in [0.25, 0.3) is 23.3 Å². The summed E-state index contributed by atoms with van der Waals surface area (Å²) in [7, 11) is 0. The molecule has 0 spiro atoms. The van der Waals surface area contributed by atoms with Gasteiger partial charge in [-0.3, -0.25) is 0 Å². The van der Waals surface area contributed by atoms with Crippen LogP contribution in [0.2, 0.25) is 0 Å². The van der Waals surface area contributed by atoms with Gasteiger partial charge in [-0.05, 0) is 42.7 Å². The third-order valence-corrected chi connectivity index (χ3v) is 7.27. The van der Waals surface area contributed by atoms with Crippen LogP contribution in [0.4, 0.5) is 0 Å². The quantitative estimate of drug-likeness (QED) is 0.438. The van der Waals surface area contributed by atoms with Gasteiger partial charge in [0.15, 0.2) is 0 Å². The van der Waals surface area contributed by atoms with Crippen LogP contribution in [-0.4, -0.2) is 0 Å². The van der Waals surface area contributed by atoms with Crippen LogP contribution in [0.3, 0.4) is 0 Å². The maximum Gasteiger partial charge on any atom is 0 e. The molecule has 3 aliphatic carbocycles. The van der Waals surface area contributed by atoms with Gasteiger partial charge in [0, 0.05) is 26.2 Å². The first kappa shape index (κ1) is 22.0. The largest absolute Gasteiger partial charge is 0.145 e. The van der Waals surface area contributed by atoms with Crippen LogP contribution in [-0.2, 0) is 26.2 Å². The number of allylic oxidation sites excluding steroid dienone is 2. The Morgan fingerprint density at radius 1 is 0.833 bits per heavy atom. The number of hydrogen-bond acceptors (Lipinski definition) is 0. The molecule has 0 radical (unpaired) electrons. The van der Waals surface area contributed by atoms with Crippen molar-refractivity contribution in [1.29, 1.82) is 0 Å². The zero-order valence-electron chi connectivity index (χ0n) is 18.3. The van der Waals surface area contributed by atoms with Crippen LogP contribution >= 0.6 is 0 Å². The Morgan fingerprint density at radius 2 is 1.50 bits per heavy atom. The van der Waals surface area contributed by atoms with E-state index < -0.39 is 0 Å². The molecule has 0 atom stereocenters. The Hall–Kier alpha value is -1.20. The molecule has 2 saturated carbocycles. The second-order valence-corrected chi connectivity index (χ2v) is 9.52. The van der Waals surface area contributed by atoms with Gasteiger partial charge in [-0.2, -0.15) is 0 Å². The summed E-state index contributed by atoms with van der Waals surface area (Å²) in [6.07, 6.45) is 22.4. The summed E-state index contributed by atoms with van der Waals surface area (Å²) < 4.78 is 0. The maximum absolute atomic E-state index is 3.70. The van der Waals surface area contributed by atoms with Crippen LogP contribution in [0.5, 0.6) is 0 Å². The van der Waals surface area contributed by atoms with Crippen LogP contribution < -0.4 is 10.4 Å². The third kappa shape index (κ3) is 4.83. The first-order valence-electron chi connectivity index (χ1n) is 11.8. The van der Waals surface area contributed by atoms with E-state index in [9.17, 15) is 0 Å². The average Bonchev–Trinajstić information content (AvgIpc) is 3.16. The molecule has 0 aliphatic heterocycles. The van der Waals surface area contributed by atoms with Crippen molar-refractivity contribution in [2.45, 2.75) is 77.0 Å². The van der Waals surface area contributed by atoms with E-state index in [0.717, 1.165) is 11.8 Å². The predicted molar refractivity (Wildman–Crippen MR) is 124 cm³/mol. The van der Waals surface area contributed by atoms with E-state index in [1.807, 2.05) is 0 Å².